The number of benzene rings is 2. The lowest BCUT2D eigenvalue weighted by Crippen LogP contribution is -2.06. The Hall–Kier alpha value is -1.50. The molecular weight excluding hydrogens is 231 g/mol. The van der Waals surface area contributed by atoms with Crippen molar-refractivity contribution in [3.63, 3.8) is 0 Å². The van der Waals surface area contributed by atoms with Gasteiger partial charge in [0.1, 0.15) is 6.61 Å². The van der Waals surface area contributed by atoms with E-state index in [1.54, 1.807) is 0 Å². The highest BCUT2D eigenvalue weighted by molar-refractivity contribution is 7.17. The molecule has 0 aliphatic carbocycles. The molecule has 0 aliphatic heterocycles. The van der Waals surface area contributed by atoms with Gasteiger partial charge in [0.15, 0.2) is 0 Å². The number of hydrogen-bond acceptors (Lipinski definition) is 2. The van der Waals surface area contributed by atoms with E-state index in [0.717, 1.165) is 0 Å². The zero-order valence-electron chi connectivity index (χ0n) is 9.37. The van der Waals surface area contributed by atoms with Gasteiger partial charge in [-0.1, -0.05) is 60.7 Å². The van der Waals surface area contributed by atoms with E-state index >= 15 is 0 Å². The van der Waals surface area contributed by atoms with E-state index in [1.807, 2.05) is 36.4 Å². The van der Waals surface area contributed by atoms with Gasteiger partial charge in [-0.25, -0.2) is 0 Å². The molecule has 1 atom stereocenters. The molecule has 0 radical (unpaired) electrons. The molecule has 0 saturated carbocycles. The van der Waals surface area contributed by atoms with Crippen LogP contribution in [0.4, 0.5) is 0 Å². The van der Waals surface area contributed by atoms with Crippen LogP contribution in [0.15, 0.2) is 60.7 Å². The lowest BCUT2D eigenvalue weighted by atomic mass is 9.92. The maximum Gasteiger partial charge on any atom is 0.494 e. The van der Waals surface area contributed by atoms with Gasteiger partial charge < -0.3 is 0 Å². The average molecular weight is 245 g/mol. The molecule has 0 amide bonds. The van der Waals surface area contributed by atoms with Crippen LogP contribution in [0.25, 0.3) is 0 Å². The molecule has 3 heteroatoms. The minimum absolute atomic E-state index is 0.138. The molecule has 2 aromatic rings. The fraction of sp³-hybridized carbons (Fsp3) is 0.143. The molecule has 1 unspecified atom stereocenters. The Balaban J connectivity index is 2.29. The molecule has 0 bridgehead atoms. The number of hydrogen-bond donors (Lipinski definition) is 0. The topological polar surface area (TPSA) is 26.3 Å². The van der Waals surface area contributed by atoms with Gasteiger partial charge in [-0.15, -0.1) is 4.52 Å². The van der Waals surface area contributed by atoms with Gasteiger partial charge in [-0.05, 0) is 15.7 Å². The van der Waals surface area contributed by atoms with Crippen LogP contribution in [0.3, 0.4) is 0 Å². The molecule has 2 rings (SSSR count). The second-order valence-corrected chi connectivity index (χ2v) is 4.22. The van der Waals surface area contributed by atoms with E-state index in [1.165, 1.54) is 11.1 Å². The minimum atomic E-state index is -0.710. The summed E-state index contributed by atoms with van der Waals surface area (Å²) in [4.78, 5) is 0. The smallest absolute Gasteiger partial charge is 0.147 e. The van der Waals surface area contributed by atoms with E-state index < -0.39 is 8.69 Å². The third kappa shape index (κ3) is 3.23. The van der Waals surface area contributed by atoms with Gasteiger partial charge in [-0.2, -0.15) is 0 Å². The van der Waals surface area contributed by atoms with Crippen molar-refractivity contribution in [2.24, 2.45) is 0 Å². The zero-order valence-corrected chi connectivity index (χ0v) is 10.4. The van der Waals surface area contributed by atoms with E-state index in [-0.39, 0.29) is 5.92 Å². The molecular formula is C14H14O2P+. The fourth-order valence-electron chi connectivity index (χ4n) is 1.87. The van der Waals surface area contributed by atoms with E-state index in [4.69, 9.17) is 4.52 Å². The molecule has 17 heavy (non-hydrogen) atoms. The molecule has 0 aliphatic rings. The summed E-state index contributed by atoms with van der Waals surface area (Å²) >= 11 is 0. The summed E-state index contributed by atoms with van der Waals surface area (Å²) in [5.41, 5.74) is 2.36. The Morgan fingerprint density at radius 2 is 1.35 bits per heavy atom. The Bertz CT molecular complexity index is 417. The first kappa shape index (κ1) is 12.0. The van der Waals surface area contributed by atoms with Gasteiger partial charge in [0.2, 0.25) is 0 Å². The Labute approximate surface area is 103 Å². The first-order valence-electron chi connectivity index (χ1n) is 5.50. The monoisotopic (exact) mass is 245 g/mol. The summed E-state index contributed by atoms with van der Waals surface area (Å²) in [5, 5.41) is 0. The molecule has 0 N–H and O–H groups in total. The van der Waals surface area contributed by atoms with Crippen LogP contribution in [0.5, 0.6) is 0 Å². The second kappa shape index (κ2) is 6.29. The normalized spacial score (nSPS) is 10.9. The van der Waals surface area contributed by atoms with Crippen molar-refractivity contribution in [1.82, 2.24) is 0 Å². The molecule has 0 aromatic heterocycles. The molecule has 2 nitrogen and oxygen atoms in total. The Kier molecular flexibility index (Phi) is 4.43. The number of rotatable bonds is 5. The van der Waals surface area contributed by atoms with Crippen LogP contribution in [0, 0.1) is 0 Å². The lowest BCUT2D eigenvalue weighted by Gasteiger charge is -2.14. The quantitative estimate of drug-likeness (QED) is 0.749. The van der Waals surface area contributed by atoms with E-state index in [0.29, 0.717) is 6.61 Å². The molecule has 2 aromatic carbocycles. The largest absolute Gasteiger partial charge is 0.494 e. The SMILES string of the molecule is O=[PH+]OCC(c1ccccc1)c1ccccc1. The highest BCUT2D eigenvalue weighted by Crippen LogP contribution is 2.25. The summed E-state index contributed by atoms with van der Waals surface area (Å²) in [6.45, 7) is 0.440. The van der Waals surface area contributed by atoms with Crippen LogP contribution in [0.2, 0.25) is 0 Å². The molecule has 0 saturated heterocycles. The van der Waals surface area contributed by atoms with Crippen molar-refractivity contribution >= 4 is 8.69 Å². The van der Waals surface area contributed by atoms with Gasteiger partial charge in [0.25, 0.3) is 0 Å². The predicted molar refractivity (Wildman–Crippen MR) is 69.7 cm³/mol. The van der Waals surface area contributed by atoms with Crippen molar-refractivity contribution in [2.45, 2.75) is 5.92 Å². The van der Waals surface area contributed by atoms with Crippen LogP contribution < -0.4 is 0 Å². The summed E-state index contributed by atoms with van der Waals surface area (Å²) in [6.07, 6.45) is 0. The van der Waals surface area contributed by atoms with Crippen molar-refractivity contribution < 1.29 is 9.09 Å². The Morgan fingerprint density at radius 3 is 1.76 bits per heavy atom. The zero-order chi connectivity index (χ0) is 11.9. The van der Waals surface area contributed by atoms with Crippen molar-refractivity contribution in [3.05, 3.63) is 71.8 Å². The van der Waals surface area contributed by atoms with Crippen LogP contribution >= 0.6 is 8.69 Å². The summed E-state index contributed by atoms with van der Waals surface area (Å²) < 4.78 is 15.6. The highest BCUT2D eigenvalue weighted by Gasteiger charge is 2.15. The summed E-state index contributed by atoms with van der Waals surface area (Å²) in [6, 6.07) is 20.3. The highest BCUT2D eigenvalue weighted by atomic mass is 31.1. The van der Waals surface area contributed by atoms with Crippen molar-refractivity contribution in [3.8, 4) is 0 Å². The summed E-state index contributed by atoms with van der Waals surface area (Å²) in [7, 11) is -0.710. The first-order valence-corrected chi connectivity index (χ1v) is 6.32. The predicted octanol–water partition coefficient (Wildman–Crippen LogP) is 3.77. The van der Waals surface area contributed by atoms with Gasteiger partial charge in [-0.3, -0.25) is 0 Å². The molecule has 0 heterocycles. The second-order valence-electron chi connectivity index (χ2n) is 3.77. The molecule has 0 spiro atoms. The third-order valence-electron chi connectivity index (χ3n) is 2.71. The maximum absolute atomic E-state index is 10.5. The van der Waals surface area contributed by atoms with E-state index in [2.05, 4.69) is 24.3 Å². The summed E-state index contributed by atoms with van der Waals surface area (Å²) in [5.74, 6) is 0.138. The van der Waals surface area contributed by atoms with Crippen molar-refractivity contribution in [1.29, 1.82) is 0 Å². The third-order valence-corrected chi connectivity index (χ3v) is 3.00. The standard InChI is InChI=1S/C14H14O2P/c15-17-16-11-14(12-7-3-1-4-8-12)13-9-5-2-6-10-13/h1-10,14,17H,11H2/q+1. The molecule has 0 fully saturated rings. The van der Waals surface area contributed by atoms with Gasteiger partial charge in [0.05, 0.1) is 0 Å². The van der Waals surface area contributed by atoms with Gasteiger partial charge >= 0.3 is 8.69 Å². The molecule has 86 valence electrons. The van der Waals surface area contributed by atoms with Crippen molar-refractivity contribution in [2.75, 3.05) is 6.61 Å². The lowest BCUT2D eigenvalue weighted by molar-refractivity contribution is 0.327. The van der Waals surface area contributed by atoms with Crippen LogP contribution in [0.1, 0.15) is 17.0 Å². The average Bonchev–Trinajstić information content (AvgIpc) is 2.42. The van der Waals surface area contributed by atoms with Gasteiger partial charge in [0, 0.05) is 5.92 Å². The van der Waals surface area contributed by atoms with Crippen LogP contribution in [-0.2, 0) is 9.09 Å². The Morgan fingerprint density at radius 1 is 0.882 bits per heavy atom. The first-order chi connectivity index (χ1) is 8.42. The minimum Gasteiger partial charge on any atom is -0.147 e. The van der Waals surface area contributed by atoms with Crippen LogP contribution in [-0.4, -0.2) is 6.61 Å². The maximum atomic E-state index is 10.5. The van der Waals surface area contributed by atoms with E-state index in [9.17, 15) is 4.57 Å². The fourth-order valence-corrected chi connectivity index (χ4v) is 2.11.